The monoisotopic (exact) mass is 344 g/mol. The van der Waals surface area contributed by atoms with Crippen LogP contribution in [0.4, 0.5) is 5.69 Å². The molecule has 1 heterocycles. The van der Waals surface area contributed by atoms with Crippen molar-refractivity contribution in [3.63, 3.8) is 0 Å². The van der Waals surface area contributed by atoms with E-state index < -0.39 is 0 Å². The van der Waals surface area contributed by atoms with Crippen molar-refractivity contribution in [2.45, 2.75) is 13.3 Å². The van der Waals surface area contributed by atoms with Gasteiger partial charge >= 0.3 is 0 Å². The molecule has 4 nitrogen and oxygen atoms in total. The van der Waals surface area contributed by atoms with Crippen LogP contribution in [0.3, 0.4) is 0 Å². The van der Waals surface area contributed by atoms with E-state index in [0.717, 1.165) is 40.0 Å². The lowest BCUT2D eigenvalue weighted by molar-refractivity contribution is 0.318. The van der Waals surface area contributed by atoms with Crippen molar-refractivity contribution in [3.05, 3.63) is 66.7 Å². The maximum absolute atomic E-state index is 5.97. The van der Waals surface area contributed by atoms with E-state index in [-0.39, 0.29) is 0 Å². The first-order valence-electron chi connectivity index (χ1n) is 8.73. The van der Waals surface area contributed by atoms with Gasteiger partial charge in [0.25, 0.3) is 0 Å². The van der Waals surface area contributed by atoms with E-state index in [9.17, 15) is 0 Å². The smallest absolute Gasteiger partial charge is 0.231 e. The minimum absolute atomic E-state index is 0.517. The third-order valence-corrected chi connectivity index (χ3v) is 4.19. The van der Waals surface area contributed by atoms with Crippen molar-refractivity contribution in [1.82, 2.24) is 4.98 Å². The fourth-order valence-corrected chi connectivity index (χ4v) is 2.91. The van der Waals surface area contributed by atoms with Crippen molar-refractivity contribution < 1.29 is 9.15 Å². The van der Waals surface area contributed by atoms with E-state index in [1.54, 1.807) is 0 Å². The molecule has 1 aromatic heterocycles. The summed E-state index contributed by atoms with van der Waals surface area (Å²) in [4.78, 5) is 4.68. The second kappa shape index (κ2) is 6.92. The van der Waals surface area contributed by atoms with Crippen molar-refractivity contribution >= 4 is 16.8 Å². The summed E-state index contributed by atoms with van der Waals surface area (Å²) in [6, 6.07) is 21.8. The Morgan fingerprint density at radius 2 is 1.81 bits per heavy atom. The van der Waals surface area contributed by atoms with Crippen LogP contribution in [0.2, 0.25) is 0 Å². The van der Waals surface area contributed by atoms with Crippen LogP contribution < -0.4 is 10.5 Å². The molecule has 0 unspecified atom stereocenters. The van der Waals surface area contributed by atoms with Crippen molar-refractivity contribution in [2.75, 3.05) is 12.3 Å². The highest BCUT2D eigenvalue weighted by atomic mass is 16.5. The van der Waals surface area contributed by atoms with Gasteiger partial charge in [-0.05, 0) is 47.9 Å². The summed E-state index contributed by atoms with van der Waals surface area (Å²) in [6.07, 6.45) is 0.928. The maximum atomic E-state index is 5.97. The van der Waals surface area contributed by atoms with Crippen molar-refractivity contribution in [1.29, 1.82) is 0 Å². The molecule has 2 N–H and O–H groups in total. The van der Waals surface area contributed by atoms with Gasteiger partial charge in [-0.25, -0.2) is 4.98 Å². The number of fused-ring (bicyclic) bond motifs is 1. The molecular formula is C22H20N2O2. The summed E-state index contributed by atoms with van der Waals surface area (Å²) in [5.74, 6) is 1.25. The molecule has 0 saturated carbocycles. The molecule has 0 fully saturated rings. The fraction of sp³-hybridized carbons (Fsp3) is 0.136. The normalized spacial score (nSPS) is 11.0. The number of aromatic nitrogens is 1. The number of ether oxygens (including phenoxy) is 1. The summed E-state index contributed by atoms with van der Waals surface area (Å²) in [5, 5.41) is 0. The van der Waals surface area contributed by atoms with Crippen LogP contribution in [0.15, 0.2) is 71.1 Å². The SMILES string of the molecule is CCCOc1ccc(N)cc1-c1nc2cc(-c3ccccc3)ccc2o1. The van der Waals surface area contributed by atoms with Crippen LogP contribution >= 0.6 is 0 Å². The Morgan fingerprint density at radius 1 is 0.962 bits per heavy atom. The van der Waals surface area contributed by atoms with E-state index >= 15 is 0 Å². The molecule has 26 heavy (non-hydrogen) atoms. The van der Waals surface area contributed by atoms with Gasteiger partial charge in [-0.2, -0.15) is 0 Å². The summed E-state index contributed by atoms with van der Waals surface area (Å²) < 4.78 is 11.8. The Balaban J connectivity index is 1.77. The highest BCUT2D eigenvalue weighted by Gasteiger charge is 2.14. The molecule has 0 atom stereocenters. The minimum Gasteiger partial charge on any atom is -0.493 e. The molecule has 4 rings (SSSR count). The number of rotatable bonds is 5. The van der Waals surface area contributed by atoms with Crippen molar-refractivity contribution in [2.24, 2.45) is 0 Å². The molecule has 0 amide bonds. The molecule has 0 spiro atoms. The standard InChI is InChI=1S/C22H20N2O2/c1-2-12-25-20-11-9-17(23)14-18(20)22-24-19-13-16(8-10-21(19)26-22)15-6-4-3-5-7-15/h3-11,13-14H,2,12,23H2,1H3. The molecular weight excluding hydrogens is 324 g/mol. The highest BCUT2D eigenvalue weighted by molar-refractivity contribution is 5.83. The van der Waals surface area contributed by atoms with Crippen LogP contribution in [0.5, 0.6) is 5.75 Å². The first-order chi connectivity index (χ1) is 12.7. The quantitative estimate of drug-likeness (QED) is 0.483. The van der Waals surface area contributed by atoms with Gasteiger partial charge in [-0.15, -0.1) is 0 Å². The largest absolute Gasteiger partial charge is 0.493 e. The molecule has 0 saturated heterocycles. The number of oxazole rings is 1. The van der Waals surface area contributed by atoms with E-state index in [2.05, 4.69) is 24.0 Å². The minimum atomic E-state index is 0.517. The highest BCUT2D eigenvalue weighted by Crippen LogP contribution is 2.34. The second-order valence-electron chi connectivity index (χ2n) is 6.17. The van der Waals surface area contributed by atoms with Gasteiger partial charge < -0.3 is 14.9 Å². The topological polar surface area (TPSA) is 61.3 Å². The summed E-state index contributed by atoms with van der Waals surface area (Å²) in [5.41, 5.74) is 11.2. The van der Waals surface area contributed by atoms with Gasteiger partial charge in [0.05, 0.1) is 12.2 Å². The van der Waals surface area contributed by atoms with Gasteiger partial charge in [0.15, 0.2) is 5.58 Å². The Labute approximate surface area is 152 Å². The molecule has 0 aliphatic heterocycles. The average molecular weight is 344 g/mol. The van der Waals surface area contributed by atoms with Gasteiger partial charge in [0.2, 0.25) is 5.89 Å². The number of anilines is 1. The first-order valence-corrected chi connectivity index (χ1v) is 8.73. The number of nitrogens with two attached hydrogens (primary N) is 1. The third-order valence-electron chi connectivity index (χ3n) is 4.19. The lowest BCUT2D eigenvalue weighted by Crippen LogP contribution is -1.98. The van der Waals surface area contributed by atoms with Crippen LogP contribution in [-0.4, -0.2) is 11.6 Å². The number of benzene rings is 3. The second-order valence-corrected chi connectivity index (χ2v) is 6.17. The van der Waals surface area contributed by atoms with Gasteiger partial charge in [0, 0.05) is 5.69 Å². The van der Waals surface area contributed by atoms with Gasteiger partial charge in [-0.3, -0.25) is 0 Å². The molecule has 0 aliphatic rings. The fourth-order valence-electron chi connectivity index (χ4n) is 2.91. The zero-order chi connectivity index (χ0) is 17.9. The molecule has 3 aromatic carbocycles. The van der Waals surface area contributed by atoms with Gasteiger partial charge in [0.1, 0.15) is 11.3 Å². The summed E-state index contributed by atoms with van der Waals surface area (Å²) in [7, 11) is 0. The molecule has 0 radical (unpaired) electrons. The Kier molecular flexibility index (Phi) is 4.32. The zero-order valence-corrected chi connectivity index (χ0v) is 14.6. The zero-order valence-electron chi connectivity index (χ0n) is 14.6. The average Bonchev–Trinajstić information content (AvgIpc) is 3.11. The number of nitrogens with zero attached hydrogens (tertiary/aromatic N) is 1. The summed E-state index contributed by atoms with van der Waals surface area (Å²) >= 11 is 0. The van der Waals surface area contributed by atoms with E-state index in [1.807, 2.05) is 54.6 Å². The number of hydrogen-bond donors (Lipinski definition) is 1. The lowest BCUT2D eigenvalue weighted by Gasteiger charge is -2.09. The van der Waals surface area contributed by atoms with Crippen LogP contribution in [0.1, 0.15) is 13.3 Å². The molecule has 0 bridgehead atoms. The van der Waals surface area contributed by atoms with Crippen LogP contribution in [-0.2, 0) is 0 Å². The van der Waals surface area contributed by atoms with Crippen molar-refractivity contribution in [3.8, 4) is 28.3 Å². The predicted molar refractivity (Wildman–Crippen MR) is 105 cm³/mol. The Morgan fingerprint density at radius 3 is 2.62 bits per heavy atom. The molecule has 0 aliphatic carbocycles. The molecule has 4 aromatic rings. The third kappa shape index (κ3) is 3.14. The van der Waals surface area contributed by atoms with Crippen LogP contribution in [0, 0.1) is 0 Å². The van der Waals surface area contributed by atoms with E-state index in [1.165, 1.54) is 0 Å². The molecule has 130 valence electrons. The maximum Gasteiger partial charge on any atom is 0.231 e. The number of hydrogen-bond acceptors (Lipinski definition) is 4. The summed E-state index contributed by atoms with van der Waals surface area (Å²) in [6.45, 7) is 2.71. The lowest BCUT2D eigenvalue weighted by atomic mass is 10.1. The van der Waals surface area contributed by atoms with E-state index in [4.69, 9.17) is 14.9 Å². The number of nitrogen functional groups attached to an aromatic ring is 1. The Bertz CT molecular complexity index is 1040. The molecule has 4 heteroatoms. The van der Waals surface area contributed by atoms with E-state index in [0.29, 0.717) is 18.2 Å². The first kappa shape index (κ1) is 16.2. The van der Waals surface area contributed by atoms with Gasteiger partial charge in [-0.1, -0.05) is 43.3 Å². The predicted octanol–water partition coefficient (Wildman–Crippen LogP) is 5.53. The Hall–Kier alpha value is -3.27. The van der Waals surface area contributed by atoms with Crippen LogP contribution in [0.25, 0.3) is 33.7 Å².